The maximum Gasteiger partial charge on any atom is 0.229 e. The van der Waals surface area contributed by atoms with E-state index in [1.165, 1.54) is 30.4 Å². The third-order valence-corrected chi connectivity index (χ3v) is 6.03. The molecule has 2 atom stereocenters. The monoisotopic (exact) mass is 385 g/mol. The summed E-state index contributed by atoms with van der Waals surface area (Å²) in [6.07, 6.45) is 3.29. The number of hydrogen-bond acceptors (Lipinski definition) is 4. The summed E-state index contributed by atoms with van der Waals surface area (Å²) in [5.41, 5.74) is 0.786. The lowest BCUT2D eigenvalue weighted by Gasteiger charge is -2.28. The number of carbonyl (C=O) groups excluding carboxylic acids is 2. The first-order valence-electron chi connectivity index (χ1n) is 9.06. The normalized spacial score (nSPS) is 19.9. The minimum atomic E-state index is -0.272. The molecular weight excluding hydrogens is 365 g/mol. The van der Waals surface area contributed by atoms with Crippen molar-refractivity contribution in [3.8, 4) is 0 Å². The standard InChI is InChI=1S/C20H20FN3O2S/c1-11(25)22-15-4-2-3-13(10-15)19(26)24-20-23-17-8-5-12-9-14(21)6-7-16(12)18(17)27-20/h5-9,13,15H,2-4,10H2,1H3,(H,22,25)(H,23,24,26)/t13-,15-/m1/s1. The van der Waals surface area contributed by atoms with Crippen molar-refractivity contribution >= 4 is 49.3 Å². The molecule has 2 N–H and O–H groups in total. The van der Waals surface area contributed by atoms with E-state index in [0.717, 1.165) is 40.3 Å². The van der Waals surface area contributed by atoms with Gasteiger partial charge in [-0.3, -0.25) is 9.59 Å². The summed E-state index contributed by atoms with van der Waals surface area (Å²) in [5.74, 6) is -0.519. The third-order valence-electron chi connectivity index (χ3n) is 5.01. The van der Waals surface area contributed by atoms with Crippen LogP contribution in [-0.2, 0) is 9.59 Å². The molecule has 0 saturated heterocycles. The molecule has 0 unspecified atom stereocenters. The molecule has 27 heavy (non-hydrogen) atoms. The third kappa shape index (κ3) is 3.78. The molecule has 0 spiro atoms. The highest BCUT2D eigenvalue weighted by atomic mass is 32.1. The van der Waals surface area contributed by atoms with E-state index in [1.54, 1.807) is 6.07 Å². The minimum Gasteiger partial charge on any atom is -0.354 e. The molecule has 1 heterocycles. The molecule has 1 aromatic heterocycles. The van der Waals surface area contributed by atoms with Gasteiger partial charge in [-0.2, -0.15) is 0 Å². The van der Waals surface area contributed by atoms with E-state index in [9.17, 15) is 14.0 Å². The minimum absolute atomic E-state index is 0.0561. The number of fused-ring (bicyclic) bond motifs is 3. The van der Waals surface area contributed by atoms with Crippen molar-refractivity contribution in [1.82, 2.24) is 10.3 Å². The lowest BCUT2D eigenvalue weighted by Crippen LogP contribution is -2.40. The topological polar surface area (TPSA) is 71.1 Å². The van der Waals surface area contributed by atoms with Gasteiger partial charge in [-0.1, -0.05) is 23.8 Å². The van der Waals surface area contributed by atoms with Gasteiger partial charge in [-0.15, -0.1) is 0 Å². The Balaban J connectivity index is 1.53. The number of amides is 2. The van der Waals surface area contributed by atoms with Crippen LogP contribution in [0.4, 0.5) is 9.52 Å². The fraction of sp³-hybridized carbons (Fsp3) is 0.350. The summed E-state index contributed by atoms with van der Waals surface area (Å²) in [5, 5.41) is 8.14. The van der Waals surface area contributed by atoms with Gasteiger partial charge in [0.25, 0.3) is 0 Å². The van der Waals surface area contributed by atoms with Crippen LogP contribution < -0.4 is 10.6 Å². The number of anilines is 1. The number of carbonyl (C=O) groups is 2. The zero-order valence-corrected chi connectivity index (χ0v) is 15.7. The molecule has 1 aliphatic carbocycles. The average molecular weight is 385 g/mol. The maximum atomic E-state index is 13.4. The first-order valence-corrected chi connectivity index (χ1v) is 9.88. The number of nitrogens with zero attached hydrogens (tertiary/aromatic N) is 1. The zero-order chi connectivity index (χ0) is 19.0. The van der Waals surface area contributed by atoms with Crippen molar-refractivity contribution in [2.75, 3.05) is 5.32 Å². The van der Waals surface area contributed by atoms with E-state index < -0.39 is 0 Å². The summed E-state index contributed by atoms with van der Waals surface area (Å²) < 4.78 is 14.4. The summed E-state index contributed by atoms with van der Waals surface area (Å²) >= 11 is 1.40. The quantitative estimate of drug-likeness (QED) is 0.709. The van der Waals surface area contributed by atoms with Crippen LogP contribution in [0.1, 0.15) is 32.6 Å². The molecule has 2 aromatic carbocycles. The molecule has 1 fully saturated rings. The Kier molecular flexibility index (Phi) is 4.78. The number of nitrogens with one attached hydrogen (secondary N) is 2. The highest BCUT2D eigenvalue weighted by molar-refractivity contribution is 7.23. The van der Waals surface area contributed by atoms with Crippen LogP contribution in [0.15, 0.2) is 30.3 Å². The van der Waals surface area contributed by atoms with Gasteiger partial charge in [-0.25, -0.2) is 9.37 Å². The van der Waals surface area contributed by atoms with Crippen molar-refractivity contribution in [1.29, 1.82) is 0 Å². The lowest BCUT2D eigenvalue weighted by molar-refractivity contribution is -0.123. The molecule has 0 bridgehead atoms. The average Bonchev–Trinajstić information content (AvgIpc) is 3.03. The Morgan fingerprint density at radius 3 is 2.89 bits per heavy atom. The van der Waals surface area contributed by atoms with Gasteiger partial charge in [-0.05, 0) is 48.9 Å². The predicted molar refractivity (Wildman–Crippen MR) is 105 cm³/mol. The molecule has 3 aromatic rings. The van der Waals surface area contributed by atoms with Gasteiger partial charge in [0.2, 0.25) is 11.8 Å². The molecule has 4 rings (SSSR count). The van der Waals surface area contributed by atoms with Crippen molar-refractivity contribution in [3.63, 3.8) is 0 Å². The van der Waals surface area contributed by atoms with E-state index in [1.807, 2.05) is 12.1 Å². The molecular formula is C20H20FN3O2S. The zero-order valence-electron chi connectivity index (χ0n) is 14.9. The van der Waals surface area contributed by atoms with Crippen LogP contribution in [0.2, 0.25) is 0 Å². The van der Waals surface area contributed by atoms with Gasteiger partial charge in [0, 0.05) is 24.3 Å². The van der Waals surface area contributed by atoms with Crippen molar-refractivity contribution in [3.05, 3.63) is 36.1 Å². The molecule has 7 heteroatoms. The second-order valence-corrected chi connectivity index (χ2v) is 8.05. The van der Waals surface area contributed by atoms with Crippen LogP contribution in [0.3, 0.4) is 0 Å². The van der Waals surface area contributed by atoms with Gasteiger partial charge in [0.1, 0.15) is 5.82 Å². The lowest BCUT2D eigenvalue weighted by atomic mass is 9.85. The van der Waals surface area contributed by atoms with Gasteiger partial charge < -0.3 is 10.6 Å². The maximum absolute atomic E-state index is 13.4. The second kappa shape index (κ2) is 7.23. The van der Waals surface area contributed by atoms with Crippen LogP contribution in [-0.4, -0.2) is 22.8 Å². The molecule has 1 saturated carbocycles. The number of aromatic nitrogens is 1. The Morgan fingerprint density at radius 1 is 1.22 bits per heavy atom. The molecule has 2 amide bonds. The van der Waals surface area contributed by atoms with E-state index in [0.29, 0.717) is 11.6 Å². The van der Waals surface area contributed by atoms with E-state index in [2.05, 4.69) is 15.6 Å². The molecule has 1 aliphatic rings. The number of benzene rings is 2. The summed E-state index contributed by atoms with van der Waals surface area (Å²) in [7, 11) is 0. The van der Waals surface area contributed by atoms with Crippen LogP contribution in [0.25, 0.3) is 21.0 Å². The number of halogens is 1. The van der Waals surface area contributed by atoms with Crippen molar-refractivity contribution in [2.45, 2.75) is 38.6 Å². The van der Waals surface area contributed by atoms with Gasteiger partial charge >= 0.3 is 0 Å². The fourth-order valence-corrected chi connectivity index (χ4v) is 4.80. The smallest absolute Gasteiger partial charge is 0.229 e. The summed E-state index contributed by atoms with van der Waals surface area (Å²) in [6.45, 7) is 1.50. The van der Waals surface area contributed by atoms with Crippen LogP contribution in [0.5, 0.6) is 0 Å². The summed E-state index contributed by atoms with van der Waals surface area (Å²) in [6, 6.07) is 8.42. The Hall–Kier alpha value is -2.54. The number of hydrogen-bond donors (Lipinski definition) is 2. The SMILES string of the molecule is CC(=O)N[C@@H]1CCC[C@@H](C(=O)Nc2nc3ccc4cc(F)ccc4c3s2)C1. The molecule has 0 radical (unpaired) electrons. The van der Waals surface area contributed by atoms with Crippen LogP contribution >= 0.6 is 11.3 Å². The Bertz CT molecular complexity index is 1030. The van der Waals surface area contributed by atoms with Gasteiger partial charge in [0.15, 0.2) is 5.13 Å². The first-order chi connectivity index (χ1) is 13.0. The molecule has 140 valence electrons. The predicted octanol–water partition coefficient (Wildman–Crippen LogP) is 4.22. The molecule has 5 nitrogen and oxygen atoms in total. The van der Waals surface area contributed by atoms with E-state index in [4.69, 9.17) is 0 Å². The summed E-state index contributed by atoms with van der Waals surface area (Å²) in [4.78, 5) is 28.5. The Labute approximate surface area is 160 Å². The first kappa shape index (κ1) is 17.9. The van der Waals surface area contributed by atoms with Gasteiger partial charge in [0.05, 0.1) is 10.2 Å². The number of rotatable bonds is 3. The number of thiazole rings is 1. The highest BCUT2D eigenvalue weighted by Crippen LogP contribution is 2.34. The van der Waals surface area contributed by atoms with Crippen molar-refractivity contribution in [2.24, 2.45) is 5.92 Å². The largest absolute Gasteiger partial charge is 0.354 e. The Morgan fingerprint density at radius 2 is 2.07 bits per heavy atom. The highest BCUT2D eigenvalue weighted by Gasteiger charge is 2.28. The molecule has 0 aliphatic heterocycles. The van der Waals surface area contributed by atoms with Crippen molar-refractivity contribution < 1.29 is 14.0 Å². The second-order valence-electron chi connectivity index (χ2n) is 7.05. The van der Waals surface area contributed by atoms with Crippen LogP contribution in [0, 0.1) is 11.7 Å². The van der Waals surface area contributed by atoms with E-state index >= 15 is 0 Å². The van der Waals surface area contributed by atoms with E-state index in [-0.39, 0.29) is 29.6 Å². The fourth-order valence-electron chi connectivity index (χ4n) is 3.79.